The molecule has 24 heavy (non-hydrogen) atoms. The van der Waals surface area contributed by atoms with E-state index in [1.165, 1.54) is 11.1 Å². The highest BCUT2D eigenvalue weighted by molar-refractivity contribution is 5.47. The maximum Gasteiger partial charge on any atom is 0.176 e. The summed E-state index contributed by atoms with van der Waals surface area (Å²) >= 11 is 0. The van der Waals surface area contributed by atoms with E-state index in [2.05, 4.69) is 45.8 Å². The number of benzene rings is 1. The minimum atomic E-state index is -0.0944. The molecule has 5 heteroatoms. The molecule has 124 valence electrons. The van der Waals surface area contributed by atoms with E-state index in [1.807, 2.05) is 12.3 Å². The van der Waals surface area contributed by atoms with Crippen molar-refractivity contribution in [2.75, 3.05) is 7.05 Å². The Balaban J connectivity index is 1.57. The van der Waals surface area contributed by atoms with Crippen molar-refractivity contribution in [3.05, 3.63) is 65.7 Å². The van der Waals surface area contributed by atoms with Crippen LogP contribution >= 0.6 is 0 Å². The first-order valence-electron chi connectivity index (χ1n) is 8.22. The number of rotatable bonds is 4. The van der Waals surface area contributed by atoms with Crippen LogP contribution in [0, 0.1) is 0 Å². The van der Waals surface area contributed by atoms with Crippen LogP contribution in [0.5, 0.6) is 0 Å². The molecule has 1 unspecified atom stereocenters. The number of furan rings is 1. The van der Waals surface area contributed by atoms with Gasteiger partial charge in [-0.1, -0.05) is 24.3 Å². The summed E-state index contributed by atoms with van der Waals surface area (Å²) < 4.78 is 7.78. The van der Waals surface area contributed by atoms with Gasteiger partial charge in [0.05, 0.1) is 0 Å². The summed E-state index contributed by atoms with van der Waals surface area (Å²) in [5, 5.41) is 9.18. The number of fused-ring (bicyclic) bond motifs is 1. The number of hydrogen-bond donors (Lipinski definition) is 1. The number of aromatic nitrogens is 2. The first-order chi connectivity index (χ1) is 11.7. The Kier molecular flexibility index (Phi) is 3.96. The highest BCUT2D eigenvalue weighted by atomic mass is 16.4. The molecule has 0 spiro atoms. The van der Waals surface area contributed by atoms with Crippen molar-refractivity contribution in [1.82, 2.24) is 14.5 Å². The van der Waals surface area contributed by atoms with E-state index in [1.54, 1.807) is 12.3 Å². The lowest BCUT2D eigenvalue weighted by Crippen LogP contribution is -2.40. The lowest BCUT2D eigenvalue weighted by Gasteiger charge is -2.34. The summed E-state index contributed by atoms with van der Waals surface area (Å²) in [6, 6.07) is 12.7. The zero-order chi connectivity index (χ0) is 16.5. The largest absolute Gasteiger partial charge is 0.455 e. The van der Waals surface area contributed by atoms with Gasteiger partial charge < -0.3 is 14.1 Å². The van der Waals surface area contributed by atoms with Crippen LogP contribution in [0.4, 0.5) is 0 Å². The van der Waals surface area contributed by atoms with Gasteiger partial charge in [0.2, 0.25) is 0 Å². The van der Waals surface area contributed by atoms with E-state index in [-0.39, 0.29) is 6.61 Å². The van der Waals surface area contributed by atoms with Crippen LogP contribution in [-0.2, 0) is 26.1 Å². The van der Waals surface area contributed by atoms with Gasteiger partial charge in [0.1, 0.15) is 12.4 Å². The Hall–Kier alpha value is -2.37. The molecule has 0 fully saturated rings. The van der Waals surface area contributed by atoms with Gasteiger partial charge in [0, 0.05) is 31.5 Å². The van der Waals surface area contributed by atoms with Crippen molar-refractivity contribution in [2.24, 2.45) is 0 Å². The Morgan fingerprint density at radius 3 is 2.83 bits per heavy atom. The van der Waals surface area contributed by atoms with E-state index in [4.69, 9.17) is 4.42 Å². The maximum atomic E-state index is 9.18. The van der Waals surface area contributed by atoms with E-state index in [0.29, 0.717) is 17.6 Å². The number of aliphatic hydroxyl groups excluding tert-OH is 1. The predicted octanol–water partition coefficient (Wildman–Crippen LogP) is 2.69. The van der Waals surface area contributed by atoms with Crippen LogP contribution in [0.3, 0.4) is 0 Å². The molecule has 1 aliphatic heterocycles. The average Bonchev–Trinajstić information content (AvgIpc) is 3.24. The van der Waals surface area contributed by atoms with E-state index in [0.717, 1.165) is 25.3 Å². The molecule has 0 radical (unpaired) electrons. The minimum absolute atomic E-state index is 0.0944. The fraction of sp³-hybridized carbons (Fsp3) is 0.316. The molecule has 1 N–H and O–H groups in total. The second-order valence-electron chi connectivity index (χ2n) is 6.37. The molecule has 0 saturated heterocycles. The van der Waals surface area contributed by atoms with Gasteiger partial charge in [0.15, 0.2) is 11.6 Å². The third-order valence-electron chi connectivity index (χ3n) is 4.78. The molecule has 4 rings (SSSR count). The zero-order valence-electron chi connectivity index (χ0n) is 13.7. The Morgan fingerprint density at radius 1 is 1.21 bits per heavy atom. The van der Waals surface area contributed by atoms with Gasteiger partial charge in [-0.25, -0.2) is 4.98 Å². The summed E-state index contributed by atoms with van der Waals surface area (Å²) in [6.07, 6.45) is 4.82. The van der Waals surface area contributed by atoms with E-state index < -0.39 is 0 Å². The second-order valence-corrected chi connectivity index (χ2v) is 6.37. The third-order valence-corrected chi connectivity index (χ3v) is 4.78. The molecular formula is C19H21N3O2. The van der Waals surface area contributed by atoms with Crippen LogP contribution < -0.4 is 0 Å². The maximum absolute atomic E-state index is 9.18. The summed E-state index contributed by atoms with van der Waals surface area (Å²) in [5.41, 5.74) is 2.85. The van der Waals surface area contributed by atoms with Crippen LogP contribution in [0.1, 0.15) is 16.9 Å². The minimum Gasteiger partial charge on any atom is -0.455 e. The van der Waals surface area contributed by atoms with Gasteiger partial charge in [-0.05, 0) is 36.7 Å². The van der Waals surface area contributed by atoms with Gasteiger partial charge >= 0.3 is 0 Å². The summed E-state index contributed by atoms with van der Waals surface area (Å²) in [4.78, 5) is 6.83. The summed E-state index contributed by atoms with van der Waals surface area (Å²) in [6.45, 7) is 1.73. The molecule has 0 amide bonds. The molecule has 0 aliphatic carbocycles. The smallest absolute Gasteiger partial charge is 0.176 e. The van der Waals surface area contributed by atoms with Crippen molar-refractivity contribution >= 4 is 0 Å². The number of likely N-dealkylation sites (N-methyl/N-ethyl adjacent to an activating group) is 1. The highest BCUT2D eigenvalue weighted by Crippen LogP contribution is 2.25. The standard InChI is InChI=1S/C19H21N3O2/c1-21-11-15-5-3-2-4-14(15)10-16(21)12-22-9-8-20-19(22)18-7-6-17(13-23)24-18/h2-9,16,23H,10-13H2,1H3. The number of aliphatic hydroxyl groups is 1. The fourth-order valence-corrected chi connectivity index (χ4v) is 3.41. The average molecular weight is 323 g/mol. The Bertz CT molecular complexity index is 837. The van der Waals surface area contributed by atoms with Gasteiger partial charge in [-0.15, -0.1) is 0 Å². The molecule has 3 aromatic rings. The van der Waals surface area contributed by atoms with Crippen molar-refractivity contribution in [1.29, 1.82) is 0 Å². The van der Waals surface area contributed by atoms with Crippen LogP contribution in [0.25, 0.3) is 11.6 Å². The third kappa shape index (κ3) is 2.77. The topological polar surface area (TPSA) is 54.4 Å². The van der Waals surface area contributed by atoms with E-state index >= 15 is 0 Å². The molecule has 0 saturated carbocycles. The van der Waals surface area contributed by atoms with Crippen molar-refractivity contribution in [3.8, 4) is 11.6 Å². The summed E-state index contributed by atoms with van der Waals surface area (Å²) in [5.74, 6) is 2.06. The molecule has 1 atom stereocenters. The first-order valence-corrected chi connectivity index (χ1v) is 8.22. The lowest BCUT2D eigenvalue weighted by molar-refractivity contribution is 0.195. The molecular weight excluding hydrogens is 302 g/mol. The fourth-order valence-electron chi connectivity index (χ4n) is 3.41. The van der Waals surface area contributed by atoms with Gasteiger partial charge in [-0.3, -0.25) is 4.90 Å². The van der Waals surface area contributed by atoms with Crippen LogP contribution in [-0.4, -0.2) is 32.6 Å². The zero-order valence-corrected chi connectivity index (χ0v) is 13.7. The Labute approximate surface area is 141 Å². The van der Waals surface area contributed by atoms with Crippen LogP contribution in [0.15, 0.2) is 53.2 Å². The number of imidazole rings is 1. The molecule has 1 aliphatic rings. The second kappa shape index (κ2) is 6.26. The van der Waals surface area contributed by atoms with Crippen molar-refractivity contribution < 1.29 is 9.52 Å². The highest BCUT2D eigenvalue weighted by Gasteiger charge is 2.24. The summed E-state index contributed by atoms with van der Waals surface area (Å²) in [7, 11) is 2.17. The molecule has 0 bridgehead atoms. The SMILES string of the molecule is CN1Cc2ccccc2CC1Cn1ccnc1-c1ccc(CO)o1. The predicted molar refractivity (Wildman–Crippen MR) is 91.3 cm³/mol. The molecule has 3 heterocycles. The van der Waals surface area contributed by atoms with Crippen molar-refractivity contribution in [2.45, 2.75) is 32.2 Å². The lowest BCUT2D eigenvalue weighted by atomic mass is 9.94. The van der Waals surface area contributed by atoms with E-state index in [9.17, 15) is 5.11 Å². The van der Waals surface area contributed by atoms with Crippen molar-refractivity contribution in [3.63, 3.8) is 0 Å². The quantitative estimate of drug-likeness (QED) is 0.802. The number of nitrogens with zero attached hydrogens (tertiary/aromatic N) is 3. The number of hydrogen-bond acceptors (Lipinski definition) is 4. The van der Waals surface area contributed by atoms with Gasteiger partial charge in [-0.2, -0.15) is 0 Å². The molecule has 1 aromatic carbocycles. The van der Waals surface area contributed by atoms with Crippen LogP contribution in [0.2, 0.25) is 0 Å². The molecule has 5 nitrogen and oxygen atoms in total. The molecule has 2 aromatic heterocycles. The monoisotopic (exact) mass is 323 g/mol. The Morgan fingerprint density at radius 2 is 2.04 bits per heavy atom. The van der Waals surface area contributed by atoms with Gasteiger partial charge in [0.25, 0.3) is 0 Å². The normalized spacial score (nSPS) is 17.8. The first kappa shape index (κ1) is 15.2.